The fourth-order valence-corrected chi connectivity index (χ4v) is 4.57. The van der Waals surface area contributed by atoms with Crippen LogP contribution in [0.25, 0.3) is 0 Å². The largest absolute Gasteiger partial charge is 0.278 e. The first-order valence-corrected chi connectivity index (χ1v) is 10.8. The molecule has 0 bridgehead atoms. The second kappa shape index (κ2) is 7.21. The van der Waals surface area contributed by atoms with E-state index < -0.39 is 0 Å². The quantitative estimate of drug-likeness (QED) is 0.483. The topological polar surface area (TPSA) is 48.4 Å². The number of benzene rings is 3. The van der Waals surface area contributed by atoms with Crippen LogP contribution in [0.1, 0.15) is 38.2 Å². The lowest BCUT2D eigenvalue weighted by Gasteiger charge is -2.25. The Balaban J connectivity index is 1.65. The lowest BCUT2D eigenvalue weighted by molar-refractivity contribution is -0.135. The molecule has 6 nitrogen and oxygen atoms in total. The van der Waals surface area contributed by atoms with Crippen molar-refractivity contribution >= 4 is 39.0 Å². The molecule has 0 spiro atoms. The van der Waals surface area contributed by atoms with Gasteiger partial charge in [-0.2, -0.15) is 10.0 Å². The molecule has 2 aliphatic rings. The first-order chi connectivity index (χ1) is 14.9. The Morgan fingerprint density at radius 3 is 2.19 bits per heavy atom. The predicted molar refractivity (Wildman–Crippen MR) is 125 cm³/mol. The van der Waals surface area contributed by atoms with Crippen LogP contribution in [0.2, 0.25) is 0 Å². The van der Waals surface area contributed by atoms with Crippen molar-refractivity contribution in [3.8, 4) is 0 Å². The molecule has 3 aromatic rings. The zero-order valence-corrected chi connectivity index (χ0v) is 19.3. The third-order valence-corrected chi connectivity index (χ3v) is 6.66. The van der Waals surface area contributed by atoms with Crippen LogP contribution in [0.15, 0.2) is 64.2 Å². The Bertz CT molecular complexity index is 1240. The molecule has 0 N–H and O–H groups in total. The van der Waals surface area contributed by atoms with Crippen LogP contribution in [0.3, 0.4) is 0 Å². The summed E-state index contributed by atoms with van der Waals surface area (Å²) in [6.07, 6.45) is 0. The van der Waals surface area contributed by atoms with Crippen LogP contribution >= 0.6 is 15.9 Å². The van der Waals surface area contributed by atoms with Crippen molar-refractivity contribution in [3.05, 3.63) is 92.5 Å². The van der Waals surface area contributed by atoms with Crippen molar-refractivity contribution in [1.29, 1.82) is 0 Å². The summed E-state index contributed by atoms with van der Waals surface area (Å²) in [5, 5.41) is 9.21. The van der Waals surface area contributed by atoms with Crippen molar-refractivity contribution in [1.82, 2.24) is 5.28 Å². The molecular weight excluding hydrogens is 456 g/mol. The monoisotopic (exact) mass is 476 g/mol. The van der Waals surface area contributed by atoms with Crippen molar-refractivity contribution in [2.24, 2.45) is 5.16 Å². The van der Waals surface area contributed by atoms with Gasteiger partial charge in [0, 0.05) is 10.0 Å². The van der Waals surface area contributed by atoms with Gasteiger partial charge >= 0.3 is 0 Å². The van der Waals surface area contributed by atoms with Crippen LogP contribution in [0.5, 0.6) is 0 Å². The van der Waals surface area contributed by atoms with E-state index in [-0.39, 0.29) is 5.91 Å². The number of halogens is 1. The molecule has 5 rings (SSSR count). The van der Waals surface area contributed by atoms with Crippen LogP contribution in [0.4, 0.5) is 11.4 Å². The predicted octanol–water partition coefficient (Wildman–Crippen LogP) is 5.59. The molecule has 0 radical (unpaired) electrons. The van der Waals surface area contributed by atoms with E-state index in [0.717, 1.165) is 32.5 Å². The molecule has 2 aliphatic heterocycles. The molecule has 0 aliphatic carbocycles. The van der Waals surface area contributed by atoms with Gasteiger partial charge in [0.25, 0.3) is 5.91 Å². The van der Waals surface area contributed by atoms with Gasteiger partial charge in [0.15, 0.2) is 0 Å². The van der Waals surface area contributed by atoms with Crippen molar-refractivity contribution < 1.29 is 9.73 Å². The number of hydrogen-bond acceptors (Lipinski definition) is 5. The first-order valence-electron chi connectivity index (χ1n) is 10.0. The Labute approximate surface area is 189 Å². The molecule has 0 unspecified atom stereocenters. The molecule has 0 saturated heterocycles. The SMILES string of the molecule is Cc1cc(C)c(C)c(C2=NON3N(C(=O)c4ccccc4Br)c4ccccc4N23)c1C. The number of amidine groups is 1. The van der Waals surface area contributed by atoms with Gasteiger partial charge in [-0.3, -0.25) is 9.73 Å². The average Bonchev–Trinajstić information content (AvgIpc) is 3.31. The van der Waals surface area contributed by atoms with E-state index >= 15 is 0 Å². The Kier molecular flexibility index (Phi) is 4.60. The fourth-order valence-electron chi connectivity index (χ4n) is 4.12. The van der Waals surface area contributed by atoms with Gasteiger partial charge in [-0.15, -0.1) is 0 Å². The average molecular weight is 477 g/mol. The van der Waals surface area contributed by atoms with Crippen LogP contribution in [-0.2, 0) is 4.94 Å². The number of carbonyl (C=O) groups excluding carboxylic acids is 1. The highest BCUT2D eigenvalue weighted by molar-refractivity contribution is 9.10. The Morgan fingerprint density at radius 1 is 0.903 bits per heavy atom. The zero-order valence-electron chi connectivity index (χ0n) is 17.7. The van der Waals surface area contributed by atoms with Crippen molar-refractivity contribution in [2.75, 3.05) is 10.0 Å². The minimum atomic E-state index is -0.215. The lowest BCUT2D eigenvalue weighted by atomic mass is 9.93. The molecule has 0 atom stereocenters. The zero-order chi connectivity index (χ0) is 21.9. The highest BCUT2D eigenvalue weighted by atomic mass is 79.9. The number of aryl methyl sites for hydroxylation is 2. The summed E-state index contributed by atoms with van der Waals surface area (Å²) in [6, 6.07) is 17.3. The minimum absolute atomic E-state index is 0.215. The second-order valence-corrected chi connectivity index (χ2v) is 8.64. The summed E-state index contributed by atoms with van der Waals surface area (Å²) in [5.74, 6) is 0.449. The first kappa shape index (κ1) is 19.8. The summed E-state index contributed by atoms with van der Waals surface area (Å²) >= 11 is 3.49. The van der Waals surface area contributed by atoms with Crippen molar-refractivity contribution in [2.45, 2.75) is 27.7 Å². The van der Waals surface area contributed by atoms with Gasteiger partial charge in [0.05, 0.1) is 22.2 Å². The number of hydrazine groups is 2. The smallest absolute Gasteiger partial charge is 0.267 e. The summed E-state index contributed by atoms with van der Waals surface area (Å²) in [6.45, 7) is 8.38. The van der Waals surface area contributed by atoms with Gasteiger partial charge in [0.2, 0.25) is 5.84 Å². The molecule has 0 saturated carbocycles. The van der Waals surface area contributed by atoms with Gasteiger partial charge in [-0.05, 0) is 95.3 Å². The lowest BCUT2D eigenvalue weighted by Crippen LogP contribution is -2.49. The molecule has 31 heavy (non-hydrogen) atoms. The fraction of sp³-hybridized carbons (Fsp3) is 0.167. The van der Waals surface area contributed by atoms with E-state index in [1.54, 1.807) is 6.07 Å². The number of carbonyl (C=O) groups is 1. The Morgan fingerprint density at radius 2 is 1.52 bits per heavy atom. The van der Waals surface area contributed by atoms with E-state index in [9.17, 15) is 4.79 Å². The number of anilines is 2. The van der Waals surface area contributed by atoms with Gasteiger partial charge in [-0.25, -0.2) is 0 Å². The number of hydrogen-bond donors (Lipinski definition) is 0. The van der Waals surface area contributed by atoms with Gasteiger partial charge in [-0.1, -0.05) is 30.3 Å². The number of amides is 1. The number of rotatable bonds is 2. The highest BCUT2D eigenvalue weighted by Gasteiger charge is 2.47. The Hall–Kier alpha value is -3.16. The van der Waals surface area contributed by atoms with E-state index in [0.29, 0.717) is 11.4 Å². The molecule has 7 heteroatoms. The molecule has 0 aromatic heterocycles. The number of oxime groups is 1. The van der Waals surface area contributed by atoms with Crippen LogP contribution in [0, 0.1) is 27.7 Å². The molecular formula is C24H21BrN4O2. The molecule has 1 amide bonds. The number of nitrogens with zero attached hydrogens (tertiary/aromatic N) is 4. The summed E-state index contributed by atoms with van der Waals surface area (Å²) < 4.78 is 0.720. The van der Waals surface area contributed by atoms with E-state index in [4.69, 9.17) is 4.94 Å². The van der Waals surface area contributed by atoms with E-state index in [1.807, 2.05) is 47.5 Å². The highest BCUT2D eigenvalue weighted by Crippen LogP contribution is 2.44. The minimum Gasteiger partial charge on any atom is -0.267 e. The maximum Gasteiger partial charge on any atom is 0.278 e. The molecule has 156 valence electrons. The van der Waals surface area contributed by atoms with Gasteiger partial charge in [0.1, 0.15) is 0 Å². The number of fused-ring (bicyclic) bond motifs is 3. The standard InChI is InChI=1S/C24H21BrN4O2/c1-14-13-15(2)17(4)22(16(14)3)23-26-31-29-27(23)20-11-7-8-12-21(20)28(29)24(30)18-9-5-6-10-19(18)25/h5-13H,1-4H3. The van der Waals surface area contributed by atoms with Crippen LogP contribution < -0.4 is 10.0 Å². The maximum absolute atomic E-state index is 13.6. The molecule has 2 heterocycles. The summed E-state index contributed by atoms with van der Waals surface area (Å²) in [7, 11) is 0. The molecule has 3 aromatic carbocycles. The number of para-hydroxylation sites is 2. The van der Waals surface area contributed by atoms with Crippen LogP contribution in [-0.4, -0.2) is 17.0 Å². The maximum atomic E-state index is 13.6. The normalized spacial score (nSPS) is 14.9. The summed E-state index contributed by atoms with van der Waals surface area (Å²) in [5.41, 5.74) is 7.77. The van der Waals surface area contributed by atoms with Crippen molar-refractivity contribution in [3.63, 3.8) is 0 Å². The summed E-state index contributed by atoms with van der Waals surface area (Å²) in [4.78, 5) is 19.3. The second-order valence-electron chi connectivity index (χ2n) is 7.78. The molecule has 0 fully saturated rings. The van der Waals surface area contributed by atoms with E-state index in [2.05, 4.69) is 54.8 Å². The van der Waals surface area contributed by atoms with Gasteiger partial charge < -0.3 is 0 Å². The third kappa shape index (κ3) is 2.88. The van der Waals surface area contributed by atoms with E-state index in [1.165, 1.54) is 21.4 Å². The third-order valence-electron chi connectivity index (χ3n) is 5.97.